The summed E-state index contributed by atoms with van der Waals surface area (Å²) in [7, 11) is 0. The lowest BCUT2D eigenvalue weighted by molar-refractivity contribution is -0.142. The summed E-state index contributed by atoms with van der Waals surface area (Å²) in [6.07, 6.45) is 2.78. The fourth-order valence-electron chi connectivity index (χ4n) is 2.46. The van der Waals surface area contributed by atoms with Crippen LogP contribution in [-0.4, -0.2) is 28.2 Å². The van der Waals surface area contributed by atoms with Crippen molar-refractivity contribution in [1.29, 1.82) is 0 Å². The maximum atomic E-state index is 11.6. The number of aryl methyl sites for hydroxylation is 1. The van der Waals surface area contributed by atoms with Gasteiger partial charge in [0.1, 0.15) is 11.4 Å². The molecule has 6 heteroatoms. The first-order valence-corrected chi connectivity index (χ1v) is 8.12. The molecule has 0 aliphatic heterocycles. The van der Waals surface area contributed by atoms with E-state index in [2.05, 4.69) is 4.98 Å². The van der Waals surface area contributed by atoms with Crippen LogP contribution in [0.25, 0.3) is 16.2 Å². The zero-order chi connectivity index (χ0) is 16.4. The van der Waals surface area contributed by atoms with Gasteiger partial charge in [0, 0.05) is 16.6 Å². The zero-order valence-corrected chi connectivity index (χ0v) is 13.7. The largest absolute Gasteiger partial charge is 0.466 e. The van der Waals surface area contributed by atoms with E-state index in [9.17, 15) is 9.59 Å². The minimum atomic E-state index is -0.274. The molecule has 3 aromatic rings. The van der Waals surface area contributed by atoms with Crippen LogP contribution in [0.4, 0.5) is 0 Å². The Balaban J connectivity index is 2.01. The highest BCUT2D eigenvalue weighted by molar-refractivity contribution is 7.17. The van der Waals surface area contributed by atoms with Gasteiger partial charge in [0.25, 0.3) is 0 Å². The van der Waals surface area contributed by atoms with Crippen molar-refractivity contribution < 1.29 is 14.3 Å². The van der Waals surface area contributed by atoms with Crippen molar-refractivity contribution in [2.24, 2.45) is 0 Å². The van der Waals surface area contributed by atoms with E-state index in [-0.39, 0.29) is 12.4 Å². The first-order valence-electron chi connectivity index (χ1n) is 7.31. The molecule has 0 radical (unpaired) electrons. The number of carbonyl (C=O) groups excluding carboxylic acids is 2. The number of hydrogen-bond acceptors (Lipinski definition) is 5. The number of benzene rings is 1. The van der Waals surface area contributed by atoms with Gasteiger partial charge in [0.15, 0.2) is 11.2 Å². The number of thiazole rings is 1. The quantitative estimate of drug-likeness (QED) is 0.533. The normalized spacial score (nSPS) is 10.9. The molecule has 1 aromatic carbocycles. The van der Waals surface area contributed by atoms with Crippen molar-refractivity contribution in [3.8, 4) is 11.3 Å². The van der Waals surface area contributed by atoms with E-state index in [0.29, 0.717) is 23.0 Å². The van der Waals surface area contributed by atoms with Crippen molar-refractivity contribution in [1.82, 2.24) is 9.38 Å². The zero-order valence-electron chi connectivity index (χ0n) is 12.9. The Bertz CT molecular complexity index is 879. The molecule has 0 amide bonds. The van der Waals surface area contributed by atoms with Gasteiger partial charge < -0.3 is 4.74 Å². The van der Waals surface area contributed by atoms with Crippen LogP contribution in [-0.2, 0) is 16.0 Å². The first kappa shape index (κ1) is 15.4. The SMILES string of the molecule is CCOC(=O)Cc1cn2c(C=O)c(-c3cccc(C)c3)nc2s1. The minimum absolute atomic E-state index is 0.194. The Morgan fingerprint density at radius 3 is 2.96 bits per heavy atom. The standard InChI is InChI=1S/C17H16N2O3S/c1-3-22-15(21)8-13-9-19-14(10-20)16(18-17(19)23-13)12-6-4-5-11(2)7-12/h4-7,9-10H,3,8H2,1-2H3. The van der Waals surface area contributed by atoms with Gasteiger partial charge >= 0.3 is 5.97 Å². The summed E-state index contributed by atoms with van der Waals surface area (Å²) in [5.74, 6) is -0.274. The first-order chi connectivity index (χ1) is 11.1. The molecular formula is C17H16N2O3S. The summed E-state index contributed by atoms with van der Waals surface area (Å²) < 4.78 is 6.69. The highest BCUT2D eigenvalue weighted by Gasteiger charge is 2.17. The molecule has 2 heterocycles. The number of rotatable bonds is 5. The van der Waals surface area contributed by atoms with Crippen LogP contribution in [0.1, 0.15) is 27.9 Å². The number of nitrogens with zero attached hydrogens (tertiary/aromatic N) is 2. The van der Waals surface area contributed by atoms with E-state index < -0.39 is 0 Å². The van der Waals surface area contributed by atoms with Crippen LogP contribution in [0.2, 0.25) is 0 Å². The number of aromatic nitrogens is 2. The van der Waals surface area contributed by atoms with Crippen LogP contribution >= 0.6 is 11.3 Å². The molecule has 0 spiro atoms. The van der Waals surface area contributed by atoms with Crippen molar-refractivity contribution >= 4 is 28.6 Å². The van der Waals surface area contributed by atoms with Crippen LogP contribution in [0, 0.1) is 6.92 Å². The lowest BCUT2D eigenvalue weighted by Crippen LogP contribution is -2.06. The number of carbonyl (C=O) groups is 2. The van der Waals surface area contributed by atoms with Crippen LogP contribution in [0.15, 0.2) is 30.5 Å². The van der Waals surface area contributed by atoms with Gasteiger partial charge in [-0.1, -0.05) is 23.8 Å². The summed E-state index contributed by atoms with van der Waals surface area (Å²) in [6, 6.07) is 7.88. The van der Waals surface area contributed by atoms with Gasteiger partial charge in [-0.05, 0) is 19.9 Å². The van der Waals surface area contributed by atoms with Crippen molar-refractivity contribution in [3.05, 3.63) is 46.6 Å². The molecule has 0 aliphatic rings. The number of hydrogen-bond donors (Lipinski definition) is 0. The van der Waals surface area contributed by atoms with Crippen LogP contribution < -0.4 is 0 Å². The Labute approximate surface area is 137 Å². The third kappa shape index (κ3) is 3.03. The summed E-state index contributed by atoms with van der Waals surface area (Å²) in [6.45, 7) is 4.14. The van der Waals surface area contributed by atoms with Gasteiger partial charge in [0.05, 0.1) is 13.0 Å². The Hall–Kier alpha value is -2.47. The van der Waals surface area contributed by atoms with Gasteiger partial charge in [-0.15, -0.1) is 11.3 Å². The Kier molecular flexibility index (Phi) is 4.25. The van der Waals surface area contributed by atoms with E-state index >= 15 is 0 Å². The fourth-order valence-corrected chi connectivity index (χ4v) is 3.43. The molecule has 23 heavy (non-hydrogen) atoms. The molecule has 3 rings (SSSR count). The monoisotopic (exact) mass is 328 g/mol. The van der Waals surface area contributed by atoms with E-state index in [1.165, 1.54) is 11.3 Å². The van der Waals surface area contributed by atoms with E-state index in [1.54, 1.807) is 17.5 Å². The molecule has 0 aliphatic carbocycles. The lowest BCUT2D eigenvalue weighted by Gasteiger charge is -2.00. The average molecular weight is 328 g/mol. The molecule has 0 N–H and O–H groups in total. The number of fused-ring (bicyclic) bond motifs is 1. The summed E-state index contributed by atoms with van der Waals surface area (Å²) >= 11 is 1.39. The molecule has 0 saturated carbocycles. The molecule has 0 saturated heterocycles. The molecule has 0 atom stereocenters. The van der Waals surface area contributed by atoms with Crippen LogP contribution in [0.3, 0.4) is 0 Å². The number of aldehydes is 1. The Morgan fingerprint density at radius 2 is 2.26 bits per heavy atom. The third-order valence-corrected chi connectivity index (χ3v) is 4.42. The van der Waals surface area contributed by atoms with Gasteiger partial charge in [-0.25, -0.2) is 4.98 Å². The predicted octanol–water partition coefficient (Wildman–Crippen LogP) is 3.29. The van der Waals surface area contributed by atoms with Crippen molar-refractivity contribution in [2.75, 3.05) is 6.61 Å². The highest BCUT2D eigenvalue weighted by Crippen LogP contribution is 2.28. The second-order valence-electron chi connectivity index (χ2n) is 5.16. The van der Waals surface area contributed by atoms with Crippen LogP contribution in [0.5, 0.6) is 0 Å². The number of ether oxygens (including phenoxy) is 1. The minimum Gasteiger partial charge on any atom is -0.466 e. The van der Waals surface area contributed by atoms with E-state index in [0.717, 1.165) is 22.3 Å². The van der Waals surface area contributed by atoms with E-state index in [4.69, 9.17) is 4.74 Å². The van der Waals surface area contributed by atoms with Gasteiger partial charge in [-0.3, -0.25) is 14.0 Å². The highest BCUT2D eigenvalue weighted by atomic mass is 32.1. The summed E-state index contributed by atoms with van der Waals surface area (Å²) in [4.78, 5) is 29.2. The Morgan fingerprint density at radius 1 is 1.43 bits per heavy atom. The predicted molar refractivity (Wildman–Crippen MR) is 89.0 cm³/mol. The molecule has 0 fully saturated rings. The smallest absolute Gasteiger partial charge is 0.311 e. The molecule has 118 valence electrons. The average Bonchev–Trinajstić information content (AvgIpc) is 3.04. The van der Waals surface area contributed by atoms with Gasteiger partial charge in [-0.2, -0.15) is 0 Å². The topological polar surface area (TPSA) is 60.7 Å². The number of esters is 1. The summed E-state index contributed by atoms with van der Waals surface area (Å²) in [5.41, 5.74) is 3.18. The summed E-state index contributed by atoms with van der Waals surface area (Å²) in [5, 5.41) is 0. The number of imidazole rings is 1. The van der Waals surface area contributed by atoms with Gasteiger partial charge in [0.2, 0.25) is 0 Å². The molecule has 2 aromatic heterocycles. The van der Waals surface area contributed by atoms with E-state index in [1.807, 2.05) is 31.2 Å². The maximum Gasteiger partial charge on any atom is 0.311 e. The van der Waals surface area contributed by atoms with Crippen molar-refractivity contribution in [3.63, 3.8) is 0 Å². The second kappa shape index (κ2) is 6.34. The molecule has 5 nitrogen and oxygen atoms in total. The lowest BCUT2D eigenvalue weighted by atomic mass is 10.1. The third-order valence-electron chi connectivity index (χ3n) is 3.44. The molecular weight excluding hydrogens is 312 g/mol. The fraction of sp³-hybridized carbons (Fsp3) is 0.235. The second-order valence-corrected chi connectivity index (χ2v) is 6.26. The molecule has 0 unspecified atom stereocenters. The maximum absolute atomic E-state index is 11.6. The van der Waals surface area contributed by atoms with Crippen molar-refractivity contribution in [2.45, 2.75) is 20.3 Å². The molecule has 0 bridgehead atoms.